The molecule has 1 rings (SSSR count). The van der Waals surface area contributed by atoms with Gasteiger partial charge in [0.25, 0.3) is 8.53 Å². The highest BCUT2D eigenvalue weighted by molar-refractivity contribution is 14.1. The van der Waals surface area contributed by atoms with Crippen LogP contribution < -0.4 is 0 Å². The molecule has 0 N–H and O–H groups in total. The molecule has 0 heterocycles. The number of halogens is 1. The van der Waals surface area contributed by atoms with Crippen LogP contribution in [0.15, 0.2) is 24.3 Å². The van der Waals surface area contributed by atoms with Gasteiger partial charge in [-0.2, -0.15) is 0 Å². The average molecular weight is 409 g/mol. The Morgan fingerprint density at radius 2 is 1.75 bits per heavy atom. The Morgan fingerprint density at radius 3 is 2.25 bits per heavy atom. The molecule has 0 radical (unpaired) electrons. The number of nitrogens with zero attached hydrogens (tertiary/aromatic N) is 1. The molecule has 114 valence electrons. The van der Waals surface area contributed by atoms with Crippen LogP contribution >= 0.6 is 31.1 Å². The molecular formula is C15H25INO2P. The largest absolute Gasteiger partial charge is 0.325 e. The maximum absolute atomic E-state index is 6.00. The van der Waals surface area contributed by atoms with Crippen molar-refractivity contribution in [3.05, 3.63) is 33.4 Å². The summed E-state index contributed by atoms with van der Waals surface area (Å²) >= 11 is 2.37. The maximum Gasteiger partial charge on any atom is 0.258 e. The van der Waals surface area contributed by atoms with Gasteiger partial charge in [-0.3, -0.25) is 0 Å². The molecule has 0 aliphatic rings. The van der Waals surface area contributed by atoms with Crippen molar-refractivity contribution in [2.45, 2.75) is 46.2 Å². The predicted octanol–water partition coefficient (Wildman–Crippen LogP) is 4.84. The van der Waals surface area contributed by atoms with Gasteiger partial charge in [-0.05, 0) is 68.3 Å². The molecule has 1 unspecified atom stereocenters. The Kier molecular flexibility index (Phi) is 8.53. The van der Waals surface area contributed by atoms with E-state index in [4.69, 9.17) is 9.05 Å². The van der Waals surface area contributed by atoms with E-state index in [2.05, 4.69) is 79.2 Å². The predicted molar refractivity (Wildman–Crippen MR) is 94.9 cm³/mol. The van der Waals surface area contributed by atoms with Gasteiger partial charge in [-0.1, -0.05) is 18.2 Å². The first kappa shape index (κ1) is 18.3. The highest BCUT2D eigenvalue weighted by atomic mass is 127. The standard InChI is InChI=1S/C15H25INO2P/c1-12(2)17(13(3)4)20(18-5)19-11-10-14-8-6-7-9-15(14)16/h6-9,12-13H,10-11H2,1-5H3. The second kappa shape index (κ2) is 9.31. The lowest BCUT2D eigenvalue weighted by molar-refractivity contribution is 0.196. The summed E-state index contributed by atoms with van der Waals surface area (Å²) in [4.78, 5) is 0. The van der Waals surface area contributed by atoms with Gasteiger partial charge in [0.1, 0.15) is 0 Å². The molecule has 0 aromatic heterocycles. The average Bonchev–Trinajstić information content (AvgIpc) is 2.38. The van der Waals surface area contributed by atoms with Crippen molar-refractivity contribution in [1.29, 1.82) is 0 Å². The van der Waals surface area contributed by atoms with E-state index in [0.717, 1.165) is 6.42 Å². The second-order valence-electron chi connectivity index (χ2n) is 5.16. The molecule has 3 nitrogen and oxygen atoms in total. The molecule has 0 aliphatic carbocycles. The Balaban J connectivity index is 2.55. The van der Waals surface area contributed by atoms with Gasteiger partial charge < -0.3 is 9.05 Å². The van der Waals surface area contributed by atoms with E-state index in [1.54, 1.807) is 7.11 Å². The molecule has 0 aliphatic heterocycles. The molecule has 0 saturated heterocycles. The zero-order valence-electron chi connectivity index (χ0n) is 13.0. The lowest BCUT2D eigenvalue weighted by atomic mass is 10.2. The summed E-state index contributed by atoms with van der Waals surface area (Å²) in [7, 11) is 0.756. The molecular weight excluding hydrogens is 384 g/mol. The van der Waals surface area contributed by atoms with E-state index >= 15 is 0 Å². The molecule has 20 heavy (non-hydrogen) atoms. The van der Waals surface area contributed by atoms with Crippen LogP contribution in [0.4, 0.5) is 0 Å². The SMILES string of the molecule is COP(OCCc1ccccc1I)N(C(C)C)C(C)C. The molecule has 1 aromatic rings. The van der Waals surface area contributed by atoms with Gasteiger partial charge in [0.2, 0.25) is 0 Å². The summed E-state index contributed by atoms with van der Waals surface area (Å²) in [5.41, 5.74) is 1.33. The van der Waals surface area contributed by atoms with Gasteiger partial charge in [0, 0.05) is 22.8 Å². The van der Waals surface area contributed by atoms with Gasteiger partial charge in [0.05, 0.1) is 6.61 Å². The van der Waals surface area contributed by atoms with Crippen LogP contribution in [-0.2, 0) is 15.5 Å². The first-order valence-corrected chi connectivity index (χ1v) is 9.17. The third-order valence-corrected chi connectivity index (χ3v) is 6.00. The molecule has 0 amide bonds. The van der Waals surface area contributed by atoms with Gasteiger partial charge >= 0.3 is 0 Å². The topological polar surface area (TPSA) is 21.7 Å². The van der Waals surface area contributed by atoms with Crippen molar-refractivity contribution in [3.63, 3.8) is 0 Å². The summed E-state index contributed by atoms with van der Waals surface area (Å²) < 4.78 is 15.2. The van der Waals surface area contributed by atoms with Crippen LogP contribution in [0.5, 0.6) is 0 Å². The number of rotatable bonds is 8. The Hall–Kier alpha value is 0.260. The Morgan fingerprint density at radius 1 is 1.15 bits per heavy atom. The van der Waals surface area contributed by atoms with Crippen molar-refractivity contribution < 1.29 is 9.05 Å². The van der Waals surface area contributed by atoms with E-state index in [-0.39, 0.29) is 0 Å². The summed E-state index contributed by atoms with van der Waals surface area (Å²) in [6, 6.07) is 9.25. The minimum absolute atomic E-state index is 0.415. The highest BCUT2D eigenvalue weighted by Crippen LogP contribution is 2.44. The highest BCUT2D eigenvalue weighted by Gasteiger charge is 2.25. The quantitative estimate of drug-likeness (QED) is 0.453. The number of hydrogen-bond acceptors (Lipinski definition) is 3. The lowest BCUT2D eigenvalue weighted by Gasteiger charge is -2.34. The zero-order valence-corrected chi connectivity index (χ0v) is 16.0. The first-order chi connectivity index (χ1) is 9.47. The fourth-order valence-corrected chi connectivity index (χ4v) is 4.21. The summed E-state index contributed by atoms with van der Waals surface area (Å²) in [6.07, 6.45) is 0.922. The third kappa shape index (κ3) is 5.57. The monoisotopic (exact) mass is 409 g/mol. The van der Waals surface area contributed by atoms with Gasteiger partial charge in [-0.25, -0.2) is 4.67 Å². The first-order valence-electron chi connectivity index (χ1n) is 6.96. The molecule has 0 saturated carbocycles. The van der Waals surface area contributed by atoms with Crippen molar-refractivity contribution in [2.75, 3.05) is 13.7 Å². The normalized spacial score (nSPS) is 13.4. The zero-order chi connectivity index (χ0) is 15.1. The van der Waals surface area contributed by atoms with E-state index in [0.29, 0.717) is 18.7 Å². The van der Waals surface area contributed by atoms with Crippen molar-refractivity contribution in [1.82, 2.24) is 4.67 Å². The smallest absolute Gasteiger partial charge is 0.258 e. The van der Waals surface area contributed by atoms with E-state index in [1.807, 2.05) is 0 Å². The number of benzene rings is 1. The number of hydrogen-bond donors (Lipinski definition) is 0. The minimum atomic E-state index is -0.976. The van der Waals surface area contributed by atoms with E-state index in [9.17, 15) is 0 Å². The third-order valence-electron chi connectivity index (χ3n) is 2.93. The van der Waals surface area contributed by atoms with E-state index in [1.165, 1.54) is 9.13 Å². The Bertz CT molecular complexity index is 393. The second-order valence-corrected chi connectivity index (χ2v) is 7.89. The Labute approximate surface area is 138 Å². The summed E-state index contributed by atoms with van der Waals surface area (Å²) in [6.45, 7) is 9.40. The molecule has 0 spiro atoms. The lowest BCUT2D eigenvalue weighted by Crippen LogP contribution is -2.33. The van der Waals surface area contributed by atoms with Crippen LogP contribution in [0.1, 0.15) is 33.3 Å². The van der Waals surface area contributed by atoms with Crippen LogP contribution in [0.25, 0.3) is 0 Å². The molecule has 1 atom stereocenters. The van der Waals surface area contributed by atoms with Crippen LogP contribution in [0, 0.1) is 3.57 Å². The fraction of sp³-hybridized carbons (Fsp3) is 0.600. The van der Waals surface area contributed by atoms with Crippen LogP contribution in [0.3, 0.4) is 0 Å². The molecule has 1 aromatic carbocycles. The molecule has 0 fully saturated rings. The summed E-state index contributed by atoms with van der Waals surface area (Å²) in [5, 5.41) is 0. The van der Waals surface area contributed by atoms with E-state index < -0.39 is 8.53 Å². The molecule has 0 bridgehead atoms. The van der Waals surface area contributed by atoms with Crippen LogP contribution in [0.2, 0.25) is 0 Å². The van der Waals surface area contributed by atoms with Gasteiger partial charge in [0.15, 0.2) is 0 Å². The van der Waals surface area contributed by atoms with Crippen molar-refractivity contribution >= 4 is 31.1 Å². The minimum Gasteiger partial charge on any atom is -0.325 e. The molecule has 5 heteroatoms. The van der Waals surface area contributed by atoms with Crippen molar-refractivity contribution in [2.24, 2.45) is 0 Å². The van der Waals surface area contributed by atoms with Crippen LogP contribution in [-0.4, -0.2) is 30.5 Å². The maximum atomic E-state index is 6.00. The summed E-state index contributed by atoms with van der Waals surface area (Å²) in [5.74, 6) is 0. The fourth-order valence-electron chi connectivity index (χ4n) is 2.12. The van der Waals surface area contributed by atoms with Gasteiger partial charge in [-0.15, -0.1) is 0 Å². The van der Waals surface area contributed by atoms with Crippen molar-refractivity contribution in [3.8, 4) is 0 Å².